The van der Waals surface area contributed by atoms with Crippen molar-refractivity contribution in [2.75, 3.05) is 5.32 Å². The molecule has 1 nitrogen and oxygen atoms in total. The highest BCUT2D eigenvalue weighted by molar-refractivity contribution is 7.25. The van der Waals surface area contributed by atoms with E-state index in [1.165, 1.54) is 53.6 Å². The van der Waals surface area contributed by atoms with E-state index in [0.29, 0.717) is 0 Å². The molecule has 0 saturated carbocycles. The van der Waals surface area contributed by atoms with E-state index in [1.54, 1.807) is 0 Å². The van der Waals surface area contributed by atoms with Crippen LogP contribution in [0.1, 0.15) is 25.0 Å². The van der Waals surface area contributed by atoms with Crippen molar-refractivity contribution in [3.8, 4) is 22.3 Å². The van der Waals surface area contributed by atoms with Crippen LogP contribution in [-0.2, 0) is 5.41 Å². The van der Waals surface area contributed by atoms with E-state index in [4.69, 9.17) is 0 Å². The molecule has 1 aromatic heterocycles. The lowest BCUT2D eigenvalue weighted by atomic mass is 9.82. The van der Waals surface area contributed by atoms with Crippen molar-refractivity contribution in [3.63, 3.8) is 0 Å². The van der Waals surface area contributed by atoms with Gasteiger partial charge in [-0.3, -0.25) is 0 Å². The van der Waals surface area contributed by atoms with E-state index in [-0.39, 0.29) is 5.41 Å². The zero-order valence-corrected chi connectivity index (χ0v) is 20.6. The highest BCUT2D eigenvalue weighted by atomic mass is 32.1. The van der Waals surface area contributed by atoms with E-state index in [0.717, 1.165) is 11.4 Å². The minimum Gasteiger partial charge on any atom is -0.356 e. The molecule has 1 aliphatic rings. The normalized spacial score (nSPS) is 13.7. The second-order valence-corrected chi connectivity index (χ2v) is 11.0. The van der Waals surface area contributed by atoms with Gasteiger partial charge in [0.1, 0.15) is 0 Å². The summed E-state index contributed by atoms with van der Waals surface area (Å²) >= 11 is 1.86. The largest absolute Gasteiger partial charge is 0.356 e. The molecule has 168 valence electrons. The lowest BCUT2D eigenvalue weighted by Gasteiger charge is -2.22. The smallest absolute Gasteiger partial charge is 0.0387 e. The highest BCUT2D eigenvalue weighted by Gasteiger charge is 2.35. The molecule has 1 N–H and O–H groups in total. The van der Waals surface area contributed by atoms with Crippen LogP contribution in [0.5, 0.6) is 0 Å². The fraction of sp³-hybridized carbons (Fsp3) is 0.0909. The Hall–Kier alpha value is -3.88. The molecule has 0 fully saturated rings. The Bertz CT molecular complexity index is 1740. The SMILES string of the molecule is CC1(C)c2ccccc2-c2ccc(Nc3ccc(-c4ccc5sc6ccccc6c5c4)cc3)cc21. The predicted octanol–water partition coefficient (Wildman–Crippen LogP) is 9.77. The van der Waals surface area contributed by atoms with Crippen LogP contribution in [0.15, 0.2) is 109 Å². The molecule has 35 heavy (non-hydrogen) atoms. The number of rotatable bonds is 3. The fourth-order valence-corrected chi connectivity index (χ4v) is 6.69. The number of thiophene rings is 1. The lowest BCUT2D eigenvalue weighted by molar-refractivity contribution is 0.660. The van der Waals surface area contributed by atoms with Gasteiger partial charge in [0.05, 0.1) is 0 Å². The van der Waals surface area contributed by atoms with Gasteiger partial charge in [-0.25, -0.2) is 0 Å². The van der Waals surface area contributed by atoms with Gasteiger partial charge in [-0.2, -0.15) is 0 Å². The van der Waals surface area contributed by atoms with Gasteiger partial charge in [0.25, 0.3) is 0 Å². The minimum atomic E-state index is 0.0119. The Morgan fingerprint density at radius 3 is 2.11 bits per heavy atom. The molecule has 0 spiro atoms. The molecule has 0 radical (unpaired) electrons. The first kappa shape index (κ1) is 20.5. The van der Waals surface area contributed by atoms with E-state index in [1.807, 2.05) is 11.3 Å². The maximum Gasteiger partial charge on any atom is 0.0387 e. The number of hydrogen-bond acceptors (Lipinski definition) is 2. The van der Waals surface area contributed by atoms with Crippen LogP contribution in [0, 0.1) is 0 Å². The van der Waals surface area contributed by atoms with Gasteiger partial charge in [0, 0.05) is 37.0 Å². The van der Waals surface area contributed by atoms with Gasteiger partial charge >= 0.3 is 0 Å². The van der Waals surface area contributed by atoms with Crippen molar-refractivity contribution >= 4 is 42.9 Å². The molecule has 1 aliphatic carbocycles. The van der Waals surface area contributed by atoms with E-state index < -0.39 is 0 Å². The van der Waals surface area contributed by atoms with Crippen LogP contribution in [0.25, 0.3) is 42.4 Å². The van der Waals surface area contributed by atoms with Crippen molar-refractivity contribution in [3.05, 3.63) is 120 Å². The molecule has 7 rings (SSSR count). The Labute approximate surface area is 209 Å². The third kappa shape index (κ3) is 3.21. The van der Waals surface area contributed by atoms with Crippen molar-refractivity contribution in [1.82, 2.24) is 0 Å². The second-order valence-electron chi connectivity index (χ2n) is 9.94. The van der Waals surface area contributed by atoms with Crippen molar-refractivity contribution in [2.24, 2.45) is 0 Å². The number of benzene rings is 5. The van der Waals surface area contributed by atoms with Crippen LogP contribution in [0.3, 0.4) is 0 Å². The summed E-state index contributed by atoms with van der Waals surface area (Å²) in [6.07, 6.45) is 0. The van der Waals surface area contributed by atoms with Crippen LogP contribution in [-0.4, -0.2) is 0 Å². The summed E-state index contributed by atoms with van der Waals surface area (Å²) in [6.45, 7) is 4.65. The van der Waals surface area contributed by atoms with Crippen LogP contribution < -0.4 is 5.32 Å². The number of fused-ring (bicyclic) bond motifs is 6. The third-order valence-electron chi connectivity index (χ3n) is 7.47. The summed E-state index contributed by atoms with van der Waals surface area (Å²) in [5.41, 5.74) is 10.2. The first-order valence-corrected chi connectivity index (χ1v) is 12.9. The summed E-state index contributed by atoms with van der Waals surface area (Å²) in [5.74, 6) is 0. The Balaban J connectivity index is 1.18. The first-order valence-electron chi connectivity index (χ1n) is 12.1. The van der Waals surface area contributed by atoms with E-state index in [9.17, 15) is 0 Å². The molecular weight excluding hydrogens is 442 g/mol. The summed E-state index contributed by atoms with van der Waals surface area (Å²) in [5, 5.41) is 6.31. The Morgan fingerprint density at radius 2 is 1.23 bits per heavy atom. The second kappa shape index (κ2) is 7.56. The molecule has 5 aromatic carbocycles. The van der Waals surface area contributed by atoms with Crippen LogP contribution in [0.2, 0.25) is 0 Å². The molecule has 0 aliphatic heterocycles. The molecule has 0 bridgehead atoms. The van der Waals surface area contributed by atoms with Crippen LogP contribution in [0.4, 0.5) is 11.4 Å². The van der Waals surface area contributed by atoms with Gasteiger partial charge in [-0.15, -0.1) is 11.3 Å². The van der Waals surface area contributed by atoms with E-state index >= 15 is 0 Å². The highest BCUT2D eigenvalue weighted by Crippen LogP contribution is 2.49. The summed E-state index contributed by atoms with van der Waals surface area (Å²) in [7, 11) is 0. The zero-order valence-electron chi connectivity index (χ0n) is 19.8. The monoisotopic (exact) mass is 467 g/mol. The molecular formula is C33H25NS. The molecule has 0 atom stereocenters. The average molecular weight is 468 g/mol. The zero-order chi connectivity index (χ0) is 23.6. The predicted molar refractivity (Wildman–Crippen MR) is 152 cm³/mol. The molecule has 6 aromatic rings. The average Bonchev–Trinajstić information content (AvgIpc) is 3.37. The third-order valence-corrected chi connectivity index (χ3v) is 8.62. The molecule has 1 heterocycles. The van der Waals surface area contributed by atoms with Gasteiger partial charge in [-0.1, -0.05) is 80.6 Å². The Morgan fingerprint density at radius 1 is 0.543 bits per heavy atom. The number of anilines is 2. The van der Waals surface area contributed by atoms with Gasteiger partial charge < -0.3 is 5.32 Å². The van der Waals surface area contributed by atoms with Crippen molar-refractivity contribution in [2.45, 2.75) is 19.3 Å². The van der Waals surface area contributed by atoms with E-state index in [2.05, 4.69) is 128 Å². The van der Waals surface area contributed by atoms with Gasteiger partial charge in [0.2, 0.25) is 0 Å². The fourth-order valence-electron chi connectivity index (χ4n) is 5.60. The standard InChI is InChI=1S/C33H25NS/c1-33(2)29-9-5-3-7-25(29)26-17-16-24(20-30(26)33)34-23-14-11-21(12-15-23)22-13-18-32-28(19-22)27-8-4-6-10-31(27)35-32/h3-20,34H,1-2H3. The first-order chi connectivity index (χ1) is 17.1. The molecule has 2 heteroatoms. The molecule has 0 unspecified atom stereocenters. The van der Waals surface area contributed by atoms with Crippen LogP contribution >= 0.6 is 11.3 Å². The van der Waals surface area contributed by atoms with Crippen molar-refractivity contribution in [1.29, 1.82) is 0 Å². The van der Waals surface area contributed by atoms with Crippen molar-refractivity contribution < 1.29 is 0 Å². The number of nitrogens with one attached hydrogen (secondary N) is 1. The lowest BCUT2D eigenvalue weighted by Crippen LogP contribution is -2.15. The van der Waals surface area contributed by atoms with Gasteiger partial charge in [0.15, 0.2) is 0 Å². The molecule has 0 saturated heterocycles. The van der Waals surface area contributed by atoms with Gasteiger partial charge in [-0.05, 0) is 75.8 Å². The Kier molecular flexibility index (Phi) is 4.43. The maximum absolute atomic E-state index is 3.63. The summed E-state index contributed by atoms with van der Waals surface area (Å²) in [6, 6.07) is 39.8. The topological polar surface area (TPSA) is 12.0 Å². The number of hydrogen-bond donors (Lipinski definition) is 1. The summed E-state index contributed by atoms with van der Waals surface area (Å²) < 4.78 is 2.69. The maximum atomic E-state index is 3.63. The molecule has 0 amide bonds. The minimum absolute atomic E-state index is 0.0119. The quantitative estimate of drug-likeness (QED) is 0.273. The summed E-state index contributed by atoms with van der Waals surface area (Å²) in [4.78, 5) is 0.